The molecule has 0 aliphatic carbocycles. The van der Waals surface area contributed by atoms with Crippen LogP contribution in [-0.4, -0.2) is 65.7 Å². The minimum atomic E-state index is -0.952. The van der Waals surface area contributed by atoms with Gasteiger partial charge in [0.15, 0.2) is 5.92 Å². The Labute approximate surface area is 224 Å². The fourth-order valence-corrected chi connectivity index (χ4v) is 5.01. The molecular weight excluding hydrogens is 468 g/mol. The van der Waals surface area contributed by atoms with Crippen molar-refractivity contribution in [3.8, 4) is 0 Å². The fraction of sp³-hybridized carbons (Fsp3) is 0.700. The Morgan fingerprint density at radius 3 is 2.38 bits per heavy atom. The van der Waals surface area contributed by atoms with Crippen LogP contribution in [0, 0.1) is 5.92 Å². The molecule has 2 rings (SSSR count). The lowest BCUT2D eigenvalue weighted by atomic mass is 9.97. The highest BCUT2D eigenvalue weighted by molar-refractivity contribution is 5.98. The van der Waals surface area contributed by atoms with Gasteiger partial charge in [-0.3, -0.25) is 9.69 Å². The van der Waals surface area contributed by atoms with Gasteiger partial charge in [0.25, 0.3) is 0 Å². The van der Waals surface area contributed by atoms with E-state index in [1.54, 1.807) is 27.8 Å². The second-order valence-electron chi connectivity index (χ2n) is 11.5. The van der Waals surface area contributed by atoms with Gasteiger partial charge in [-0.2, -0.15) is 4.48 Å². The maximum atomic E-state index is 14.0. The van der Waals surface area contributed by atoms with E-state index in [0.717, 1.165) is 44.1 Å². The molecule has 0 unspecified atom stereocenters. The van der Waals surface area contributed by atoms with Gasteiger partial charge in [0.1, 0.15) is 5.60 Å². The average molecular weight is 518 g/mol. The monoisotopic (exact) mass is 517 g/mol. The van der Waals surface area contributed by atoms with Crippen LogP contribution in [0.5, 0.6) is 0 Å². The SMILES string of the molecule is CCCCCC[C@@H](C(=O)OC(C)(C)C)C(=O)[N@+](C)(CCC)C(=O)N1CCC[C@H]1COCc1ccccc1. The first kappa shape index (κ1) is 31.0. The van der Waals surface area contributed by atoms with Gasteiger partial charge in [-0.15, -0.1) is 0 Å². The van der Waals surface area contributed by atoms with Crippen molar-refractivity contribution in [2.45, 2.75) is 104 Å². The van der Waals surface area contributed by atoms with Crippen LogP contribution < -0.4 is 0 Å². The van der Waals surface area contributed by atoms with Crippen molar-refractivity contribution in [1.82, 2.24) is 4.90 Å². The number of nitrogens with zero attached hydrogens (tertiary/aromatic N) is 2. The summed E-state index contributed by atoms with van der Waals surface area (Å²) < 4.78 is 11.2. The third-order valence-corrected chi connectivity index (χ3v) is 6.96. The third kappa shape index (κ3) is 9.22. The molecule has 0 spiro atoms. The number of ether oxygens (including phenoxy) is 2. The number of hydrogen-bond acceptors (Lipinski definition) is 5. The Hall–Kier alpha value is -2.25. The molecule has 0 aromatic heterocycles. The average Bonchev–Trinajstić information content (AvgIpc) is 3.31. The molecule has 1 heterocycles. The Morgan fingerprint density at radius 1 is 1.05 bits per heavy atom. The molecule has 1 fully saturated rings. The van der Waals surface area contributed by atoms with Crippen molar-refractivity contribution in [1.29, 1.82) is 0 Å². The van der Waals surface area contributed by atoms with Crippen LogP contribution in [-0.2, 0) is 25.7 Å². The molecule has 1 aliphatic heterocycles. The minimum absolute atomic E-state index is 0.0807. The molecule has 0 N–H and O–H groups in total. The number of esters is 1. The molecule has 1 saturated heterocycles. The highest BCUT2D eigenvalue weighted by Crippen LogP contribution is 2.27. The number of benzene rings is 1. The summed E-state index contributed by atoms with van der Waals surface area (Å²) in [5.41, 5.74) is 0.385. The lowest BCUT2D eigenvalue weighted by Crippen LogP contribution is -2.63. The van der Waals surface area contributed by atoms with E-state index in [9.17, 15) is 14.4 Å². The van der Waals surface area contributed by atoms with Crippen molar-refractivity contribution in [2.75, 3.05) is 26.7 Å². The topological polar surface area (TPSA) is 72.9 Å². The number of imide groups is 1. The van der Waals surface area contributed by atoms with Crippen molar-refractivity contribution in [2.24, 2.45) is 5.92 Å². The zero-order valence-electron chi connectivity index (χ0n) is 24.0. The second-order valence-corrected chi connectivity index (χ2v) is 11.5. The molecule has 0 bridgehead atoms. The number of urea groups is 1. The van der Waals surface area contributed by atoms with Crippen LogP contribution in [0.3, 0.4) is 0 Å². The molecule has 208 valence electrons. The Balaban J connectivity index is 2.19. The lowest BCUT2D eigenvalue weighted by molar-refractivity contribution is -0.758. The largest absolute Gasteiger partial charge is 0.459 e. The van der Waals surface area contributed by atoms with Gasteiger partial charge in [-0.25, -0.2) is 9.59 Å². The Bertz CT molecular complexity index is 866. The fourth-order valence-electron chi connectivity index (χ4n) is 5.01. The molecular formula is C30H49N2O5+. The van der Waals surface area contributed by atoms with E-state index in [1.807, 2.05) is 42.2 Å². The summed E-state index contributed by atoms with van der Waals surface area (Å²) in [6, 6.07) is 9.64. The predicted octanol–water partition coefficient (Wildman–Crippen LogP) is 6.10. The van der Waals surface area contributed by atoms with Crippen LogP contribution in [0.1, 0.15) is 91.5 Å². The molecule has 1 aromatic carbocycles. The van der Waals surface area contributed by atoms with Crippen molar-refractivity contribution in [3.05, 3.63) is 35.9 Å². The number of carbonyl (C=O) groups excluding carboxylic acids is 3. The van der Waals surface area contributed by atoms with Crippen molar-refractivity contribution < 1.29 is 28.3 Å². The van der Waals surface area contributed by atoms with Crippen LogP contribution in [0.15, 0.2) is 30.3 Å². The summed E-state index contributed by atoms with van der Waals surface area (Å²) in [5, 5.41) is 0. The molecule has 1 aromatic rings. The van der Waals surface area contributed by atoms with Gasteiger partial charge in [-0.05, 0) is 52.0 Å². The van der Waals surface area contributed by atoms with E-state index >= 15 is 0 Å². The van der Waals surface area contributed by atoms with Crippen molar-refractivity contribution in [3.63, 3.8) is 0 Å². The standard InChI is InChI=1S/C30H49N2O5/c1-7-9-10-14-19-26(28(34)37-30(3,4)5)27(33)32(6,21-8-2)29(35)31-20-15-18-25(31)23-36-22-24-16-12-11-13-17-24/h11-13,16-17,25-26H,7-10,14-15,18-23H2,1-6H3/q+1/t25-,26+,32-/m0/s1. The summed E-state index contributed by atoms with van der Waals surface area (Å²) in [5.74, 6) is -1.83. The lowest BCUT2D eigenvalue weighted by Gasteiger charge is -2.36. The number of hydrogen-bond donors (Lipinski definition) is 0. The molecule has 37 heavy (non-hydrogen) atoms. The van der Waals surface area contributed by atoms with Gasteiger partial charge in [0, 0.05) is 6.54 Å². The first-order valence-corrected chi connectivity index (χ1v) is 14.1. The quantitative estimate of drug-likeness (QED) is 0.137. The smallest absolute Gasteiger partial charge is 0.426 e. The number of amides is 3. The minimum Gasteiger partial charge on any atom is -0.459 e. The third-order valence-electron chi connectivity index (χ3n) is 6.96. The number of quaternary nitrogens is 1. The van der Waals surface area contributed by atoms with Crippen LogP contribution in [0.2, 0.25) is 0 Å². The van der Waals surface area contributed by atoms with Crippen LogP contribution in [0.4, 0.5) is 4.79 Å². The van der Waals surface area contributed by atoms with E-state index in [1.165, 1.54) is 0 Å². The highest BCUT2D eigenvalue weighted by atomic mass is 16.6. The van der Waals surface area contributed by atoms with Crippen LogP contribution in [0.25, 0.3) is 0 Å². The van der Waals surface area contributed by atoms with Gasteiger partial charge in [-0.1, -0.05) is 69.9 Å². The highest BCUT2D eigenvalue weighted by Gasteiger charge is 2.51. The summed E-state index contributed by atoms with van der Waals surface area (Å²) in [6.45, 7) is 11.4. The number of carbonyl (C=O) groups is 3. The van der Waals surface area contributed by atoms with Gasteiger partial charge in [0.2, 0.25) is 0 Å². The van der Waals surface area contributed by atoms with E-state index < -0.39 is 22.0 Å². The maximum Gasteiger partial charge on any atom is 0.426 e. The van der Waals surface area contributed by atoms with Crippen molar-refractivity contribution >= 4 is 17.9 Å². The summed E-state index contributed by atoms with van der Waals surface area (Å²) >= 11 is 0. The van der Waals surface area contributed by atoms with E-state index in [0.29, 0.717) is 39.1 Å². The normalized spacial score (nSPS) is 18.3. The number of rotatable bonds is 13. The summed E-state index contributed by atoms with van der Waals surface area (Å²) in [7, 11) is 1.68. The molecule has 7 heteroatoms. The van der Waals surface area contributed by atoms with Gasteiger partial charge < -0.3 is 9.47 Å². The zero-order chi connectivity index (χ0) is 27.5. The predicted molar refractivity (Wildman–Crippen MR) is 146 cm³/mol. The van der Waals surface area contributed by atoms with Crippen LogP contribution >= 0.6 is 0 Å². The maximum absolute atomic E-state index is 14.0. The molecule has 0 saturated carbocycles. The number of unbranched alkanes of at least 4 members (excludes halogenated alkanes) is 3. The first-order valence-electron chi connectivity index (χ1n) is 14.1. The Kier molecular flexibility index (Phi) is 12.2. The van der Waals surface area contributed by atoms with E-state index in [2.05, 4.69) is 6.92 Å². The van der Waals surface area contributed by atoms with E-state index in [4.69, 9.17) is 9.47 Å². The van der Waals surface area contributed by atoms with E-state index in [-0.39, 0.29) is 18.0 Å². The second kappa shape index (κ2) is 14.6. The molecule has 7 nitrogen and oxygen atoms in total. The van der Waals surface area contributed by atoms with Gasteiger partial charge >= 0.3 is 17.9 Å². The zero-order valence-corrected chi connectivity index (χ0v) is 24.0. The first-order chi connectivity index (χ1) is 17.5. The summed E-state index contributed by atoms with van der Waals surface area (Å²) in [6.07, 6.45) is 6.58. The number of likely N-dealkylation sites (tertiary alicyclic amines) is 1. The van der Waals surface area contributed by atoms with Gasteiger partial charge in [0.05, 0.1) is 32.8 Å². The molecule has 1 aliphatic rings. The Morgan fingerprint density at radius 2 is 1.76 bits per heavy atom. The molecule has 3 amide bonds. The molecule has 0 radical (unpaired) electrons. The molecule has 3 atom stereocenters. The summed E-state index contributed by atoms with van der Waals surface area (Å²) in [4.78, 5) is 43.1.